The summed E-state index contributed by atoms with van der Waals surface area (Å²) in [6, 6.07) is 6.61. The summed E-state index contributed by atoms with van der Waals surface area (Å²) < 4.78 is 8.00. The van der Waals surface area contributed by atoms with Crippen LogP contribution < -0.4 is 10.2 Å². The van der Waals surface area contributed by atoms with Gasteiger partial charge >= 0.3 is 0 Å². The van der Waals surface area contributed by atoms with E-state index in [1.807, 2.05) is 19.1 Å². The van der Waals surface area contributed by atoms with E-state index >= 15 is 0 Å². The number of para-hydroxylation sites is 1. The van der Waals surface area contributed by atoms with Gasteiger partial charge in [-0.25, -0.2) is 0 Å². The Bertz CT molecular complexity index is 1260. The number of nitrogens with zero attached hydrogens (tertiary/aromatic N) is 1. The Balaban J connectivity index is 1.92. The maximum atomic E-state index is 13.1. The summed E-state index contributed by atoms with van der Waals surface area (Å²) >= 11 is 0. The van der Waals surface area contributed by atoms with Crippen LogP contribution >= 0.6 is 0 Å². The number of allylic oxidation sites excluding steroid dienone is 2. The lowest BCUT2D eigenvalue weighted by molar-refractivity contribution is 0.128. The average Bonchev–Trinajstić information content (AvgIpc) is 2.65. The van der Waals surface area contributed by atoms with Gasteiger partial charge in [-0.05, 0) is 57.9 Å². The number of aromatic nitrogens is 1. The zero-order valence-corrected chi connectivity index (χ0v) is 17.1. The molecule has 1 aliphatic rings. The van der Waals surface area contributed by atoms with Crippen LogP contribution in [0.1, 0.15) is 39.2 Å². The average molecular weight is 391 g/mol. The lowest BCUT2D eigenvalue weighted by Gasteiger charge is -2.32. The predicted octanol–water partition coefficient (Wildman–Crippen LogP) is 5.01. The van der Waals surface area contributed by atoms with E-state index in [-0.39, 0.29) is 22.3 Å². The van der Waals surface area contributed by atoms with Gasteiger partial charge < -0.3 is 19.5 Å². The van der Waals surface area contributed by atoms with E-state index in [2.05, 4.69) is 19.9 Å². The summed E-state index contributed by atoms with van der Waals surface area (Å²) in [6.07, 6.45) is 7.63. The lowest BCUT2D eigenvalue weighted by atomic mass is 9.93. The molecule has 2 heterocycles. The molecule has 2 aromatic carbocycles. The molecule has 29 heavy (non-hydrogen) atoms. The third-order valence-corrected chi connectivity index (χ3v) is 5.60. The van der Waals surface area contributed by atoms with E-state index in [0.717, 1.165) is 12.8 Å². The Hall–Kier alpha value is -3.21. The molecule has 0 radical (unpaired) electrons. The molecule has 5 heteroatoms. The summed E-state index contributed by atoms with van der Waals surface area (Å²) in [5, 5.41) is 21.8. The minimum atomic E-state index is -0.503. The zero-order valence-electron chi connectivity index (χ0n) is 17.1. The molecule has 0 amide bonds. The van der Waals surface area contributed by atoms with Gasteiger partial charge in [-0.15, -0.1) is 0 Å². The fourth-order valence-electron chi connectivity index (χ4n) is 4.03. The standard InChI is InChI=1S/C24H25NO4/c1-14(2)7-6-11-24(3)12-10-15-19(29-24)13-17-20(22(15)27)23(28)16-8-5-9-18(26)21(16)25(17)4/h5,7-10,12-13,26-27H,6,11H2,1-4H3/t24-/m1/s1. The first-order valence-corrected chi connectivity index (χ1v) is 9.74. The fraction of sp³-hybridized carbons (Fsp3) is 0.292. The van der Waals surface area contributed by atoms with Crippen LogP contribution in [0.15, 0.2) is 46.8 Å². The van der Waals surface area contributed by atoms with E-state index in [9.17, 15) is 15.0 Å². The number of hydrogen-bond acceptors (Lipinski definition) is 4. The number of aryl methyl sites for hydroxylation is 1. The number of benzene rings is 2. The molecule has 0 saturated heterocycles. The quantitative estimate of drug-likeness (QED) is 0.486. The number of phenols is 2. The molecule has 150 valence electrons. The molecule has 0 aliphatic carbocycles. The molecule has 0 spiro atoms. The highest BCUT2D eigenvalue weighted by Crippen LogP contribution is 2.42. The minimum Gasteiger partial charge on any atom is -0.506 e. The van der Waals surface area contributed by atoms with Crippen molar-refractivity contribution >= 4 is 27.9 Å². The van der Waals surface area contributed by atoms with E-state index in [1.54, 1.807) is 35.9 Å². The van der Waals surface area contributed by atoms with Gasteiger partial charge in [0.05, 0.1) is 27.4 Å². The van der Waals surface area contributed by atoms with Gasteiger partial charge in [0.2, 0.25) is 5.43 Å². The number of ether oxygens (including phenoxy) is 1. The van der Waals surface area contributed by atoms with Gasteiger partial charge in [-0.3, -0.25) is 4.79 Å². The molecular formula is C24H25NO4. The van der Waals surface area contributed by atoms with Crippen molar-refractivity contribution < 1.29 is 14.9 Å². The highest BCUT2D eigenvalue weighted by atomic mass is 16.5. The van der Waals surface area contributed by atoms with Crippen LogP contribution in [0, 0.1) is 0 Å². The fourth-order valence-corrected chi connectivity index (χ4v) is 4.03. The third kappa shape index (κ3) is 3.07. The van der Waals surface area contributed by atoms with Gasteiger partial charge in [0.1, 0.15) is 22.8 Å². The van der Waals surface area contributed by atoms with Crippen molar-refractivity contribution in [2.45, 2.75) is 39.2 Å². The number of pyridine rings is 1. The number of hydrogen-bond donors (Lipinski definition) is 2. The Labute approximate surface area is 169 Å². The molecule has 4 rings (SSSR count). The number of aromatic hydroxyl groups is 2. The first-order valence-electron chi connectivity index (χ1n) is 9.74. The van der Waals surface area contributed by atoms with Crippen LogP contribution in [0.25, 0.3) is 27.9 Å². The molecule has 2 N–H and O–H groups in total. The second-order valence-electron chi connectivity index (χ2n) is 8.16. The van der Waals surface area contributed by atoms with Gasteiger partial charge in [0, 0.05) is 13.1 Å². The molecule has 1 aromatic heterocycles. The van der Waals surface area contributed by atoms with Gasteiger partial charge in [-0.1, -0.05) is 17.7 Å². The highest BCUT2D eigenvalue weighted by Gasteiger charge is 2.30. The third-order valence-electron chi connectivity index (χ3n) is 5.60. The van der Waals surface area contributed by atoms with Crippen molar-refractivity contribution in [3.63, 3.8) is 0 Å². The van der Waals surface area contributed by atoms with Crippen LogP contribution in [0.3, 0.4) is 0 Å². The Morgan fingerprint density at radius 3 is 2.76 bits per heavy atom. The van der Waals surface area contributed by atoms with Crippen molar-refractivity contribution in [3.8, 4) is 17.2 Å². The second kappa shape index (κ2) is 6.69. The SMILES string of the molecule is CC(C)=CCC[C@]1(C)C=Cc2c(cc3c(c2O)c(=O)c2cccc(O)c2n3C)O1. The van der Waals surface area contributed by atoms with E-state index in [0.29, 0.717) is 27.7 Å². The Morgan fingerprint density at radius 2 is 2.03 bits per heavy atom. The molecule has 0 saturated carbocycles. The monoisotopic (exact) mass is 391 g/mol. The first kappa shape index (κ1) is 19.1. The number of fused-ring (bicyclic) bond motifs is 3. The molecule has 3 aromatic rings. The maximum absolute atomic E-state index is 13.1. The molecule has 0 unspecified atom stereocenters. The minimum absolute atomic E-state index is 0.0218. The summed E-state index contributed by atoms with van der Waals surface area (Å²) in [5.74, 6) is 0.460. The van der Waals surface area contributed by atoms with Crippen molar-refractivity contribution in [1.82, 2.24) is 4.57 Å². The van der Waals surface area contributed by atoms with E-state index < -0.39 is 5.60 Å². The van der Waals surface area contributed by atoms with E-state index in [4.69, 9.17) is 4.74 Å². The molecule has 1 atom stereocenters. The van der Waals surface area contributed by atoms with Crippen LogP contribution in [-0.2, 0) is 7.05 Å². The van der Waals surface area contributed by atoms with Gasteiger partial charge in [0.15, 0.2) is 0 Å². The van der Waals surface area contributed by atoms with Crippen molar-refractivity contribution in [3.05, 3.63) is 57.8 Å². The lowest BCUT2D eigenvalue weighted by Crippen LogP contribution is -2.31. The van der Waals surface area contributed by atoms with Gasteiger partial charge in [0.25, 0.3) is 0 Å². The number of phenolic OH excluding ortho intramolecular Hbond substituents is 2. The normalized spacial score (nSPS) is 17.9. The van der Waals surface area contributed by atoms with Crippen LogP contribution in [-0.4, -0.2) is 20.4 Å². The van der Waals surface area contributed by atoms with Crippen molar-refractivity contribution in [2.24, 2.45) is 7.05 Å². The molecule has 1 aliphatic heterocycles. The van der Waals surface area contributed by atoms with Crippen molar-refractivity contribution in [2.75, 3.05) is 0 Å². The first-order chi connectivity index (χ1) is 13.7. The zero-order chi connectivity index (χ0) is 20.9. The Kier molecular flexibility index (Phi) is 4.41. The van der Waals surface area contributed by atoms with Crippen LogP contribution in [0.4, 0.5) is 0 Å². The second-order valence-corrected chi connectivity index (χ2v) is 8.16. The van der Waals surface area contributed by atoms with Crippen LogP contribution in [0.5, 0.6) is 17.2 Å². The van der Waals surface area contributed by atoms with Gasteiger partial charge in [-0.2, -0.15) is 0 Å². The van der Waals surface area contributed by atoms with Crippen LogP contribution in [0.2, 0.25) is 0 Å². The summed E-state index contributed by atoms with van der Waals surface area (Å²) in [7, 11) is 1.77. The predicted molar refractivity (Wildman–Crippen MR) is 117 cm³/mol. The smallest absolute Gasteiger partial charge is 0.201 e. The Morgan fingerprint density at radius 1 is 1.28 bits per heavy atom. The highest BCUT2D eigenvalue weighted by molar-refractivity contribution is 6.01. The maximum Gasteiger partial charge on any atom is 0.201 e. The van der Waals surface area contributed by atoms with E-state index in [1.165, 1.54) is 5.57 Å². The molecule has 0 fully saturated rings. The summed E-state index contributed by atoms with van der Waals surface area (Å²) in [5.41, 5.74) is 1.91. The number of rotatable bonds is 3. The molecular weight excluding hydrogens is 366 g/mol. The molecule has 5 nitrogen and oxygen atoms in total. The summed E-state index contributed by atoms with van der Waals surface area (Å²) in [4.78, 5) is 13.1. The molecule has 0 bridgehead atoms. The largest absolute Gasteiger partial charge is 0.506 e. The van der Waals surface area contributed by atoms with Crippen molar-refractivity contribution in [1.29, 1.82) is 0 Å². The summed E-state index contributed by atoms with van der Waals surface area (Å²) in [6.45, 7) is 6.15. The topological polar surface area (TPSA) is 71.7 Å².